The molecule has 0 spiro atoms. The van der Waals surface area contributed by atoms with Crippen molar-refractivity contribution in [2.45, 2.75) is 63.7 Å². The quantitative estimate of drug-likeness (QED) is 0.632. The van der Waals surface area contributed by atoms with E-state index in [4.69, 9.17) is 4.74 Å². The van der Waals surface area contributed by atoms with Crippen molar-refractivity contribution in [1.29, 1.82) is 0 Å². The lowest BCUT2D eigenvalue weighted by Crippen LogP contribution is -2.51. The van der Waals surface area contributed by atoms with E-state index >= 15 is 0 Å². The lowest BCUT2D eigenvalue weighted by atomic mass is 9.97. The lowest BCUT2D eigenvalue weighted by Gasteiger charge is -2.36. The van der Waals surface area contributed by atoms with Gasteiger partial charge in [-0.15, -0.1) is 0 Å². The zero-order chi connectivity index (χ0) is 15.2. The first-order valence-corrected chi connectivity index (χ1v) is 7.94. The van der Waals surface area contributed by atoms with Crippen molar-refractivity contribution in [3.05, 3.63) is 0 Å². The lowest BCUT2D eigenvalue weighted by molar-refractivity contribution is -0.135. The molecule has 0 aromatic carbocycles. The van der Waals surface area contributed by atoms with E-state index in [0.29, 0.717) is 18.8 Å². The van der Waals surface area contributed by atoms with Gasteiger partial charge in [-0.05, 0) is 31.6 Å². The van der Waals surface area contributed by atoms with Gasteiger partial charge in [-0.3, -0.25) is 9.59 Å². The Balaban J connectivity index is 1.73. The van der Waals surface area contributed by atoms with Crippen LogP contribution < -0.4 is 10.6 Å². The highest BCUT2D eigenvalue weighted by atomic mass is 16.5. The zero-order valence-corrected chi connectivity index (χ0v) is 12.6. The number of carbonyl (C=O) groups excluding carboxylic acids is 2. The van der Waals surface area contributed by atoms with Gasteiger partial charge in [-0.25, -0.2) is 0 Å². The average molecular weight is 298 g/mol. The molecule has 1 heterocycles. The Bertz CT molecular complexity index is 371. The van der Waals surface area contributed by atoms with Crippen molar-refractivity contribution >= 4 is 11.8 Å². The third kappa shape index (κ3) is 5.28. The van der Waals surface area contributed by atoms with Gasteiger partial charge in [0.1, 0.15) is 6.10 Å². The number of carbonyl (C=O) groups is 2. The van der Waals surface area contributed by atoms with Gasteiger partial charge in [-0.2, -0.15) is 0 Å². The Kier molecular flexibility index (Phi) is 5.99. The minimum Gasteiger partial charge on any atom is -0.394 e. The van der Waals surface area contributed by atoms with Gasteiger partial charge < -0.3 is 20.5 Å². The first kappa shape index (κ1) is 16.2. The predicted octanol–water partition coefficient (Wildman–Crippen LogP) is 0.337. The second kappa shape index (κ2) is 7.75. The molecular weight excluding hydrogens is 272 g/mol. The molecule has 6 nitrogen and oxygen atoms in total. The van der Waals surface area contributed by atoms with Crippen molar-refractivity contribution < 1.29 is 19.4 Å². The van der Waals surface area contributed by atoms with Crippen LogP contribution in [0.15, 0.2) is 0 Å². The first-order chi connectivity index (χ1) is 10.1. The Morgan fingerprint density at radius 3 is 2.57 bits per heavy atom. The van der Waals surface area contributed by atoms with Crippen molar-refractivity contribution in [3.63, 3.8) is 0 Å². The van der Waals surface area contributed by atoms with Gasteiger partial charge in [0.2, 0.25) is 11.8 Å². The summed E-state index contributed by atoms with van der Waals surface area (Å²) in [4.78, 5) is 23.3. The van der Waals surface area contributed by atoms with Crippen LogP contribution in [0.2, 0.25) is 0 Å². The number of nitrogens with one attached hydrogen (secondary N) is 2. The normalized spacial score (nSPS) is 29.0. The minimum atomic E-state index is -0.421. The summed E-state index contributed by atoms with van der Waals surface area (Å²) in [5, 5.41) is 15.2. The van der Waals surface area contributed by atoms with Crippen LogP contribution in [0.3, 0.4) is 0 Å². The third-order valence-corrected chi connectivity index (χ3v) is 4.16. The van der Waals surface area contributed by atoms with Crippen molar-refractivity contribution in [2.75, 3.05) is 13.2 Å². The molecule has 3 N–H and O–H groups in total. The van der Waals surface area contributed by atoms with Crippen molar-refractivity contribution in [2.24, 2.45) is 5.92 Å². The summed E-state index contributed by atoms with van der Waals surface area (Å²) in [6.45, 7) is 2.42. The molecule has 1 saturated heterocycles. The van der Waals surface area contributed by atoms with Gasteiger partial charge in [-0.1, -0.05) is 6.92 Å². The van der Waals surface area contributed by atoms with Gasteiger partial charge in [0.05, 0.1) is 25.2 Å². The summed E-state index contributed by atoms with van der Waals surface area (Å²) in [6.07, 6.45) is 4.04. The summed E-state index contributed by atoms with van der Waals surface area (Å²) in [7, 11) is 0. The molecule has 2 aliphatic rings. The largest absolute Gasteiger partial charge is 0.394 e. The van der Waals surface area contributed by atoms with Gasteiger partial charge in [0, 0.05) is 13.0 Å². The fraction of sp³-hybridized carbons (Fsp3) is 0.867. The zero-order valence-electron chi connectivity index (χ0n) is 12.6. The summed E-state index contributed by atoms with van der Waals surface area (Å²) in [6, 6.07) is -0.159. The molecule has 21 heavy (non-hydrogen) atoms. The Labute approximate surface area is 125 Å². The number of aliphatic hydroxyl groups is 1. The summed E-state index contributed by atoms with van der Waals surface area (Å²) in [5.74, 6) is 0.641. The number of amides is 2. The predicted molar refractivity (Wildman–Crippen MR) is 77.6 cm³/mol. The smallest absolute Gasteiger partial charge is 0.222 e. The molecule has 120 valence electrons. The van der Waals surface area contributed by atoms with Crippen molar-refractivity contribution in [1.82, 2.24) is 10.6 Å². The molecule has 6 heteroatoms. The molecular formula is C15H26N2O4. The van der Waals surface area contributed by atoms with E-state index in [1.54, 1.807) is 6.92 Å². The molecule has 1 aliphatic heterocycles. The van der Waals surface area contributed by atoms with Crippen LogP contribution in [-0.4, -0.2) is 48.3 Å². The van der Waals surface area contributed by atoms with Gasteiger partial charge in [0.15, 0.2) is 0 Å². The molecule has 0 unspecified atom stereocenters. The maximum absolute atomic E-state index is 11.8. The van der Waals surface area contributed by atoms with E-state index in [0.717, 1.165) is 19.4 Å². The SMILES string of the molecule is CCC(=O)N[C@H]1CC[C@H](CC(=O)NCC2CC2)O[C@H]1CO. The molecule has 2 amide bonds. The Hall–Kier alpha value is -1.14. The third-order valence-electron chi connectivity index (χ3n) is 4.16. The number of ether oxygens (including phenoxy) is 1. The van der Waals surface area contributed by atoms with Crippen LogP contribution in [0.1, 0.15) is 45.4 Å². The van der Waals surface area contributed by atoms with Crippen LogP contribution in [0.4, 0.5) is 0 Å². The fourth-order valence-corrected chi connectivity index (χ4v) is 2.61. The molecule has 1 saturated carbocycles. The standard InChI is InChI=1S/C15H26N2O4/c1-2-14(19)17-12-6-5-11(21-13(12)9-18)7-15(20)16-8-10-3-4-10/h10-13,18H,2-9H2,1H3,(H,16,20)(H,17,19)/t11-,12+,13+/m1/s1. The van der Waals surface area contributed by atoms with Gasteiger partial charge >= 0.3 is 0 Å². The summed E-state index contributed by atoms with van der Waals surface area (Å²) < 4.78 is 5.76. The highest BCUT2D eigenvalue weighted by molar-refractivity contribution is 5.76. The first-order valence-electron chi connectivity index (χ1n) is 7.94. The topological polar surface area (TPSA) is 87.7 Å². The van der Waals surface area contributed by atoms with Crippen molar-refractivity contribution in [3.8, 4) is 0 Å². The van der Waals surface area contributed by atoms with Crippen LogP contribution >= 0.6 is 0 Å². The molecule has 2 rings (SSSR count). The molecule has 0 aromatic heterocycles. The highest BCUT2D eigenvalue weighted by Gasteiger charge is 2.32. The Morgan fingerprint density at radius 2 is 1.95 bits per heavy atom. The Morgan fingerprint density at radius 1 is 1.19 bits per heavy atom. The number of hydrogen-bond donors (Lipinski definition) is 3. The van der Waals surface area contributed by atoms with E-state index in [9.17, 15) is 14.7 Å². The molecule has 0 aromatic rings. The van der Waals surface area contributed by atoms with Gasteiger partial charge in [0.25, 0.3) is 0 Å². The van der Waals surface area contributed by atoms with Crippen LogP contribution in [0.5, 0.6) is 0 Å². The van der Waals surface area contributed by atoms with Crippen LogP contribution in [0.25, 0.3) is 0 Å². The van der Waals surface area contributed by atoms with E-state index in [-0.39, 0.29) is 30.6 Å². The molecule has 3 atom stereocenters. The molecule has 2 fully saturated rings. The second-order valence-electron chi connectivity index (χ2n) is 6.04. The monoisotopic (exact) mass is 298 g/mol. The maximum atomic E-state index is 11.8. The highest BCUT2D eigenvalue weighted by Crippen LogP contribution is 2.27. The second-order valence-corrected chi connectivity index (χ2v) is 6.04. The maximum Gasteiger partial charge on any atom is 0.222 e. The summed E-state index contributed by atoms with van der Waals surface area (Å²) in [5.41, 5.74) is 0. The van der Waals surface area contributed by atoms with E-state index in [1.807, 2.05) is 0 Å². The molecule has 0 radical (unpaired) electrons. The molecule has 0 bridgehead atoms. The molecule has 1 aliphatic carbocycles. The fourth-order valence-electron chi connectivity index (χ4n) is 2.61. The summed E-state index contributed by atoms with van der Waals surface area (Å²) >= 11 is 0. The minimum absolute atomic E-state index is 0.0135. The van der Waals surface area contributed by atoms with E-state index < -0.39 is 6.10 Å². The van der Waals surface area contributed by atoms with Crippen LogP contribution in [-0.2, 0) is 14.3 Å². The average Bonchev–Trinajstić information content (AvgIpc) is 3.30. The number of rotatable bonds is 7. The number of aliphatic hydroxyl groups excluding tert-OH is 1. The van der Waals surface area contributed by atoms with Crippen LogP contribution in [0, 0.1) is 5.92 Å². The van der Waals surface area contributed by atoms with E-state index in [2.05, 4.69) is 10.6 Å². The number of hydrogen-bond acceptors (Lipinski definition) is 4. The van der Waals surface area contributed by atoms with E-state index in [1.165, 1.54) is 12.8 Å².